The summed E-state index contributed by atoms with van der Waals surface area (Å²) in [6.07, 6.45) is 1.40. The summed E-state index contributed by atoms with van der Waals surface area (Å²) in [6, 6.07) is 3.03. The van der Waals surface area contributed by atoms with E-state index in [4.69, 9.17) is 4.74 Å². The molecular weight excluding hydrogens is 238 g/mol. The quantitative estimate of drug-likeness (QED) is 0.729. The monoisotopic (exact) mass is 249 g/mol. The van der Waals surface area contributed by atoms with E-state index in [9.17, 15) is 9.90 Å². The molecule has 0 spiro atoms. The van der Waals surface area contributed by atoms with E-state index >= 15 is 0 Å². The van der Waals surface area contributed by atoms with E-state index in [0.29, 0.717) is 6.61 Å². The van der Waals surface area contributed by atoms with E-state index in [1.807, 2.05) is 0 Å². The van der Waals surface area contributed by atoms with Gasteiger partial charge in [-0.3, -0.25) is 10.1 Å². The van der Waals surface area contributed by atoms with Gasteiger partial charge in [0.05, 0.1) is 6.61 Å². The Kier molecular flexibility index (Phi) is 3.37. The van der Waals surface area contributed by atoms with E-state index in [2.05, 4.69) is 25.5 Å². The molecule has 0 aliphatic heterocycles. The normalized spacial score (nSPS) is 10.1. The number of hydrogen-bond acceptors (Lipinski definition) is 6. The summed E-state index contributed by atoms with van der Waals surface area (Å²) in [7, 11) is 0. The summed E-state index contributed by atoms with van der Waals surface area (Å²) in [5.74, 6) is -0.680. The highest BCUT2D eigenvalue weighted by Gasteiger charge is 2.14. The second kappa shape index (κ2) is 5.13. The lowest BCUT2D eigenvalue weighted by Gasteiger charge is -2.01. The summed E-state index contributed by atoms with van der Waals surface area (Å²) in [6.45, 7) is 2.22. The number of amides is 1. The van der Waals surface area contributed by atoms with E-state index < -0.39 is 5.91 Å². The van der Waals surface area contributed by atoms with Crippen molar-refractivity contribution in [1.29, 1.82) is 0 Å². The number of H-pyrrole nitrogens is 1. The number of anilines is 1. The third-order valence-corrected chi connectivity index (χ3v) is 1.97. The first-order valence-corrected chi connectivity index (χ1v) is 5.21. The second-order valence-electron chi connectivity index (χ2n) is 3.22. The van der Waals surface area contributed by atoms with Gasteiger partial charge in [-0.15, -0.1) is 5.10 Å². The molecule has 0 bridgehead atoms. The number of ether oxygens (including phenoxy) is 1. The molecule has 8 nitrogen and oxygen atoms in total. The minimum absolute atomic E-state index is 0.0909. The lowest BCUT2D eigenvalue weighted by molar-refractivity contribution is 0.101. The Hall–Kier alpha value is -2.64. The largest absolute Gasteiger partial charge is 0.505 e. The summed E-state index contributed by atoms with van der Waals surface area (Å²) >= 11 is 0. The molecule has 18 heavy (non-hydrogen) atoms. The van der Waals surface area contributed by atoms with Crippen LogP contribution in [0.5, 0.6) is 11.8 Å². The first kappa shape index (κ1) is 11.8. The molecule has 2 rings (SSSR count). The van der Waals surface area contributed by atoms with Crippen LogP contribution in [0.15, 0.2) is 18.3 Å². The number of pyridine rings is 1. The number of aromatic nitrogens is 4. The van der Waals surface area contributed by atoms with Gasteiger partial charge in [0, 0.05) is 6.20 Å². The molecule has 0 saturated carbocycles. The van der Waals surface area contributed by atoms with Crippen LogP contribution in [0.4, 0.5) is 5.95 Å². The maximum Gasteiger partial charge on any atom is 0.337 e. The highest BCUT2D eigenvalue weighted by Crippen LogP contribution is 2.14. The fourth-order valence-corrected chi connectivity index (χ4v) is 1.23. The molecule has 1 amide bonds. The highest BCUT2D eigenvalue weighted by molar-refractivity contribution is 6.03. The molecule has 2 aromatic rings. The Labute approximate surface area is 102 Å². The molecule has 0 aromatic carbocycles. The lowest BCUT2D eigenvalue weighted by atomic mass is 10.3. The van der Waals surface area contributed by atoms with Crippen molar-refractivity contribution in [3.8, 4) is 11.8 Å². The van der Waals surface area contributed by atoms with Crippen molar-refractivity contribution >= 4 is 11.9 Å². The van der Waals surface area contributed by atoms with Gasteiger partial charge in [-0.25, -0.2) is 10.1 Å². The minimum Gasteiger partial charge on any atom is -0.505 e. The fourth-order valence-electron chi connectivity index (χ4n) is 1.23. The van der Waals surface area contributed by atoms with Gasteiger partial charge < -0.3 is 9.84 Å². The van der Waals surface area contributed by atoms with Crippen LogP contribution >= 0.6 is 0 Å². The van der Waals surface area contributed by atoms with Crippen molar-refractivity contribution in [1.82, 2.24) is 20.2 Å². The average Bonchev–Trinajstić information content (AvgIpc) is 2.77. The Balaban J connectivity index is 2.09. The molecule has 94 valence electrons. The Morgan fingerprint density at radius 1 is 1.61 bits per heavy atom. The number of nitrogens with one attached hydrogen (secondary N) is 2. The maximum absolute atomic E-state index is 11.7. The summed E-state index contributed by atoms with van der Waals surface area (Å²) < 4.78 is 5.03. The van der Waals surface area contributed by atoms with Crippen LogP contribution in [0.3, 0.4) is 0 Å². The van der Waals surface area contributed by atoms with Crippen LogP contribution in [-0.4, -0.2) is 37.8 Å². The van der Waals surface area contributed by atoms with Gasteiger partial charge in [0.15, 0.2) is 5.69 Å². The van der Waals surface area contributed by atoms with Crippen LogP contribution in [0, 0.1) is 0 Å². The molecule has 0 fully saturated rings. The number of hydrogen-bond donors (Lipinski definition) is 3. The van der Waals surface area contributed by atoms with E-state index in [-0.39, 0.29) is 23.4 Å². The molecule has 0 atom stereocenters. The number of aromatic hydroxyl groups is 1. The zero-order valence-electron chi connectivity index (χ0n) is 9.54. The Morgan fingerprint density at radius 3 is 3.17 bits per heavy atom. The molecule has 0 radical (unpaired) electrons. The van der Waals surface area contributed by atoms with E-state index in [1.165, 1.54) is 18.3 Å². The van der Waals surface area contributed by atoms with Gasteiger partial charge >= 0.3 is 6.01 Å². The topological polar surface area (TPSA) is 113 Å². The molecule has 0 aliphatic rings. The Bertz CT molecular complexity index is 554. The predicted octanol–water partition coefficient (Wildman–Crippen LogP) is 0.556. The maximum atomic E-state index is 11.7. The van der Waals surface area contributed by atoms with Gasteiger partial charge in [0.25, 0.3) is 5.91 Å². The summed E-state index contributed by atoms with van der Waals surface area (Å²) in [4.78, 5) is 19.4. The van der Waals surface area contributed by atoms with Crippen LogP contribution < -0.4 is 10.1 Å². The highest BCUT2D eigenvalue weighted by atomic mass is 16.5. The average molecular weight is 249 g/mol. The molecule has 0 saturated heterocycles. The molecule has 0 aliphatic carbocycles. The van der Waals surface area contributed by atoms with E-state index in [0.717, 1.165) is 0 Å². The van der Waals surface area contributed by atoms with Gasteiger partial charge in [-0.2, -0.15) is 4.98 Å². The van der Waals surface area contributed by atoms with Crippen molar-refractivity contribution in [3.05, 3.63) is 24.0 Å². The van der Waals surface area contributed by atoms with Gasteiger partial charge in [0.2, 0.25) is 5.95 Å². The molecule has 8 heteroatoms. The summed E-state index contributed by atoms with van der Waals surface area (Å²) in [5, 5.41) is 18.1. The van der Waals surface area contributed by atoms with Gasteiger partial charge in [-0.1, -0.05) is 0 Å². The Morgan fingerprint density at radius 2 is 2.44 bits per heavy atom. The zero-order valence-corrected chi connectivity index (χ0v) is 9.54. The smallest absolute Gasteiger partial charge is 0.337 e. The van der Waals surface area contributed by atoms with E-state index in [1.54, 1.807) is 6.92 Å². The predicted molar refractivity (Wildman–Crippen MR) is 61.4 cm³/mol. The molecule has 2 aromatic heterocycles. The number of aromatic amines is 1. The molecular formula is C10H11N5O3. The zero-order chi connectivity index (χ0) is 13.0. The van der Waals surface area contributed by atoms with Gasteiger partial charge in [0.1, 0.15) is 5.75 Å². The lowest BCUT2D eigenvalue weighted by Crippen LogP contribution is -2.14. The van der Waals surface area contributed by atoms with Gasteiger partial charge in [-0.05, 0) is 19.1 Å². The fraction of sp³-hybridized carbons (Fsp3) is 0.200. The first-order valence-electron chi connectivity index (χ1n) is 5.21. The molecule has 3 N–H and O–H groups in total. The van der Waals surface area contributed by atoms with Crippen molar-refractivity contribution in [2.45, 2.75) is 6.92 Å². The van der Waals surface area contributed by atoms with Crippen LogP contribution in [0.2, 0.25) is 0 Å². The second-order valence-corrected chi connectivity index (χ2v) is 3.22. The third kappa shape index (κ3) is 2.54. The number of rotatable bonds is 4. The third-order valence-electron chi connectivity index (χ3n) is 1.97. The molecule has 2 heterocycles. The van der Waals surface area contributed by atoms with Crippen molar-refractivity contribution in [2.75, 3.05) is 11.9 Å². The summed E-state index contributed by atoms with van der Waals surface area (Å²) in [5.41, 5.74) is -0.0909. The standard InChI is InChI=1S/C10H11N5O3/c1-2-18-10-13-9(14-15-10)12-8(17)7-6(16)4-3-5-11-7/h3-5,16H,2H2,1H3,(H2,12,13,14,15,17). The van der Waals surface area contributed by atoms with Crippen molar-refractivity contribution < 1.29 is 14.6 Å². The van der Waals surface area contributed by atoms with Crippen LogP contribution in [-0.2, 0) is 0 Å². The van der Waals surface area contributed by atoms with Crippen LogP contribution in [0.25, 0.3) is 0 Å². The van der Waals surface area contributed by atoms with Crippen molar-refractivity contribution in [3.63, 3.8) is 0 Å². The van der Waals surface area contributed by atoms with Crippen molar-refractivity contribution in [2.24, 2.45) is 0 Å². The SMILES string of the molecule is CCOc1n[nH]c(NC(=O)c2ncccc2O)n1. The number of nitrogens with zero attached hydrogens (tertiary/aromatic N) is 3. The number of carbonyl (C=O) groups excluding carboxylic acids is 1. The molecule has 0 unspecified atom stereocenters. The minimum atomic E-state index is -0.590. The number of carbonyl (C=O) groups is 1. The first-order chi connectivity index (χ1) is 8.70. The van der Waals surface area contributed by atoms with Crippen LogP contribution in [0.1, 0.15) is 17.4 Å².